The molecule has 0 spiro atoms. The number of hydrogen-bond acceptors (Lipinski definition) is 8. The van der Waals surface area contributed by atoms with Crippen molar-refractivity contribution in [3.63, 3.8) is 0 Å². The minimum Gasteiger partial charge on any atom is -0.460 e. The largest absolute Gasteiger partial charge is 0.460 e. The zero-order valence-corrected chi connectivity index (χ0v) is 16.1. The third-order valence-electron chi connectivity index (χ3n) is 5.16. The molecule has 4 atom stereocenters. The number of benzene rings is 1. The van der Waals surface area contributed by atoms with Crippen LogP contribution in [0.15, 0.2) is 46.1 Å². The number of aliphatic hydroxyl groups is 3. The summed E-state index contributed by atoms with van der Waals surface area (Å²) in [6, 6.07) is 9.31. The standard InChI is InChI=1S/C20H21N3O7/c1-23-17-14(18(27)22-20(23)28)11(7-10-5-3-2-4-6-10)12(8-21-17)29-19-16(26)15(25)13(9-24)30-19/h2-6,8,13,15-16,19,24-26H,7,9H2,1H3,(H,22,27,28)/t13-,15-,16-,19-/m1/s1. The molecule has 30 heavy (non-hydrogen) atoms. The molecular weight excluding hydrogens is 394 g/mol. The molecule has 158 valence electrons. The summed E-state index contributed by atoms with van der Waals surface area (Å²) < 4.78 is 12.4. The van der Waals surface area contributed by atoms with E-state index in [9.17, 15) is 24.9 Å². The molecule has 0 saturated carbocycles. The number of rotatable bonds is 5. The lowest BCUT2D eigenvalue weighted by Gasteiger charge is -2.20. The number of hydrogen-bond donors (Lipinski definition) is 4. The van der Waals surface area contributed by atoms with Gasteiger partial charge in [-0.3, -0.25) is 14.3 Å². The summed E-state index contributed by atoms with van der Waals surface area (Å²) in [7, 11) is 1.49. The van der Waals surface area contributed by atoms with Gasteiger partial charge in [0.25, 0.3) is 5.56 Å². The van der Waals surface area contributed by atoms with Crippen molar-refractivity contribution < 1.29 is 24.8 Å². The molecule has 0 amide bonds. The van der Waals surface area contributed by atoms with Crippen molar-refractivity contribution in [3.8, 4) is 5.75 Å². The molecule has 10 heteroatoms. The molecule has 4 N–H and O–H groups in total. The number of H-pyrrole nitrogens is 1. The van der Waals surface area contributed by atoms with Crippen molar-refractivity contribution in [2.45, 2.75) is 31.0 Å². The molecule has 1 aliphatic heterocycles. The smallest absolute Gasteiger partial charge is 0.329 e. The SMILES string of the molecule is Cn1c(=O)[nH]c(=O)c2c(Cc3ccccc3)c(O[C@@H]3O[C@H](CO)[C@@H](O)[C@H]3O)cnc21. The van der Waals surface area contributed by atoms with E-state index in [-0.39, 0.29) is 23.2 Å². The van der Waals surface area contributed by atoms with Crippen LogP contribution in [0.2, 0.25) is 0 Å². The lowest BCUT2D eigenvalue weighted by molar-refractivity contribution is -0.116. The average molecular weight is 415 g/mol. The van der Waals surface area contributed by atoms with Crippen LogP contribution in [0.25, 0.3) is 11.0 Å². The first-order valence-electron chi connectivity index (χ1n) is 9.34. The predicted octanol–water partition coefficient (Wildman–Crippen LogP) is -0.970. The summed E-state index contributed by atoms with van der Waals surface area (Å²) in [5.41, 5.74) is 0.300. The molecule has 1 saturated heterocycles. The van der Waals surface area contributed by atoms with Crippen LogP contribution in [0.4, 0.5) is 0 Å². The van der Waals surface area contributed by atoms with Crippen LogP contribution in [0, 0.1) is 0 Å². The Kier molecular flexibility index (Phi) is 5.39. The second-order valence-electron chi connectivity index (χ2n) is 7.10. The molecule has 3 aromatic rings. The molecule has 4 rings (SSSR count). The van der Waals surface area contributed by atoms with Gasteiger partial charge in [-0.25, -0.2) is 9.78 Å². The van der Waals surface area contributed by atoms with Crippen LogP contribution in [0.5, 0.6) is 5.75 Å². The van der Waals surface area contributed by atoms with Gasteiger partial charge in [0.05, 0.1) is 18.2 Å². The van der Waals surface area contributed by atoms with Gasteiger partial charge in [0.2, 0.25) is 6.29 Å². The van der Waals surface area contributed by atoms with Crippen LogP contribution < -0.4 is 16.0 Å². The minimum atomic E-state index is -1.40. The van der Waals surface area contributed by atoms with Crippen LogP contribution >= 0.6 is 0 Å². The Morgan fingerprint density at radius 2 is 1.93 bits per heavy atom. The summed E-state index contributed by atoms with van der Waals surface area (Å²) in [5.74, 6) is 0.158. The maximum absolute atomic E-state index is 12.6. The number of nitrogens with one attached hydrogen (secondary N) is 1. The number of pyridine rings is 1. The van der Waals surface area contributed by atoms with Crippen molar-refractivity contribution in [3.05, 3.63) is 68.5 Å². The molecule has 1 aromatic carbocycles. The second-order valence-corrected chi connectivity index (χ2v) is 7.10. The lowest BCUT2D eigenvalue weighted by atomic mass is 10.0. The number of aliphatic hydroxyl groups excluding tert-OH is 3. The van der Waals surface area contributed by atoms with Crippen molar-refractivity contribution in [1.29, 1.82) is 0 Å². The van der Waals surface area contributed by atoms with Gasteiger partial charge in [0.15, 0.2) is 0 Å². The Morgan fingerprint density at radius 3 is 2.60 bits per heavy atom. The van der Waals surface area contributed by atoms with Gasteiger partial charge in [-0.05, 0) is 5.56 Å². The number of aryl methyl sites for hydroxylation is 1. The minimum absolute atomic E-state index is 0.158. The maximum atomic E-state index is 12.6. The summed E-state index contributed by atoms with van der Waals surface area (Å²) in [6.45, 7) is -0.493. The van der Waals surface area contributed by atoms with Gasteiger partial charge >= 0.3 is 5.69 Å². The topological polar surface area (TPSA) is 147 Å². The fourth-order valence-electron chi connectivity index (χ4n) is 3.52. The van der Waals surface area contributed by atoms with E-state index in [4.69, 9.17) is 9.47 Å². The zero-order valence-electron chi connectivity index (χ0n) is 16.1. The zero-order chi connectivity index (χ0) is 21.4. The van der Waals surface area contributed by atoms with Gasteiger partial charge in [-0.1, -0.05) is 30.3 Å². The van der Waals surface area contributed by atoms with Gasteiger partial charge in [0.1, 0.15) is 29.7 Å². The van der Waals surface area contributed by atoms with Crippen molar-refractivity contribution in [2.24, 2.45) is 7.05 Å². The molecule has 2 aromatic heterocycles. The number of aromatic nitrogens is 3. The number of aromatic amines is 1. The molecule has 0 bridgehead atoms. The Labute approximate surface area is 170 Å². The molecule has 0 unspecified atom stereocenters. The third-order valence-corrected chi connectivity index (χ3v) is 5.16. The van der Waals surface area contributed by atoms with Crippen molar-refractivity contribution in [2.75, 3.05) is 6.61 Å². The Balaban J connectivity index is 1.84. The molecule has 10 nitrogen and oxygen atoms in total. The first-order valence-corrected chi connectivity index (χ1v) is 9.34. The van der Waals surface area contributed by atoms with E-state index in [0.29, 0.717) is 5.56 Å². The third kappa shape index (κ3) is 3.50. The Morgan fingerprint density at radius 1 is 1.20 bits per heavy atom. The van der Waals surface area contributed by atoms with Gasteiger partial charge < -0.3 is 24.8 Å². The summed E-state index contributed by atoms with van der Waals surface area (Å²) >= 11 is 0. The first-order chi connectivity index (χ1) is 14.4. The van der Waals surface area contributed by atoms with Crippen LogP contribution in [0.3, 0.4) is 0 Å². The van der Waals surface area contributed by atoms with E-state index in [0.717, 1.165) is 5.56 Å². The maximum Gasteiger partial charge on any atom is 0.329 e. The Bertz CT molecular complexity index is 1170. The highest BCUT2D eigenvalue weighted by molar-refractivity contribution is 5.80. The van der Waals surface area contributed by atoms with E-state index in [1.54, 1.807) is 0 Å². The highest BCUT2D eigenvalue weighted by Crippen LogP contribution is 2.30. The van der Waals surface area contributed by atoms with E-state index in [2.05, 4.69) is 9.97 Å². The van der Waals surface area contributed by atoms with Crippen LogP contribution in [-0.2, 0) is 18.2 Å². The molecule has 0 radical (unpaired) electrons. The number of nitrogens with zero attached hydrogens (tertiary/aromatic N) is 2. The number of fused-ring (bicyclic) bond motifs is 1. The second kappa shape index (κ2) is 8.00. The summed E-state index contributed by atoms with van der Waals surface area (Å²) in [4.78, 5) is 31.1. The van der Waals surface area contributed by atoms with E-state index >= 15 is 0 Å². The van der Waals surface area contributed by atoms with Crippen LogP contribution in [-0.4, -0.2) is 61.1 Å². The predicted molar refractivity (Wildman–Crippen MR) is 105 cm³/mol. The van der Waals surface area contributed by atoms with Gasteiger partial charge in [-0.2, -0.15) is 0 Å². The monoisotopic (exact) mass is 415 g/mol. The van der Waals surface area contributed by atoms with Crippen LogP contribution in [0.1, 0.15) is 11.1 Å². The molecule has 1 aliphatic rings. The Hall–Kier alpha value is -3.05. The fourth-order valence-corrected chi connectivity index (χ4v) is 3.52. The normalized spacial score (nSPS) is 23.7. The highest BCUT2D eigenvalue weighted by atomic mass is 16.7. The van der Waals surface area contributed by atoms with Gasteiger partial charge in [-0.15, -0.1) is 0 Å². The van der Waals surface area contributed by atoms with Gasteiger partial charge in [0, 0.05) is 19.0 Å². The molecular formula is C20H21N3O7. The lowest BCUT2D eigenvalue weighted by Crippen LogP contribution is -2.36. The summed E-state index contributed by atoms with van der Waals surface area (Å²) in [5, 5.41) is 29.6. The average Bonchev–Trinajstić information content (AvgIpc) is 3.01. The van der Waals surface area contributed by atoms with Crippen molar-refractivity contribution >= 4 is 11.0 Å². The first kappa shape index (κ1) is 20.2. The fraction of sp³-hybridized carbons (Fsp3) is 0.350. The number of ether oxygens (including phenoxy) is 2. The molecule has 3 heterocycles. The summed E-state index contributed by atoms with van der Waals surface area (Å²) in [6.07, 6.45) is -3.37. The highest BCUT2D eigenvalue weighted by Gasteiger charge is 2.44. The van der Waals surface area contributed by atoms with E-state index in [1.165, 1.54) is 17.8 Å². The van der Waals surface area contributed by atoms with Crippen molar-refractivity contribution in [1.82, 2.24) is 14.5 Å². The molecule has 1 fully saturated rings. The van der Waals surface area contributed by atoms with E-state index in [1.807, 2.05) is 30.3 Å². The quantitative estimate of drug-likeness (QED) is 0.416. The van der Waals surface area contributed by atoms with E-state index < -0.39 is 42.5 Å². The molecule has 0 aliphatic carbocycles.